The smallest absolute Gasteiger partial charge is 0.366 e. The predicted octanol–water partition coefficient (Wildman–Crippen LogP) is 4.87. The molecular formula is C20H15F4N5. The molecule has 4 rings (SSSR count). The molecule has 0 aliphatic rings. The van der Waals surface area contributed by atoms with Crippen LogP contribution in [0, 0.1) is 12.7 Å². The normalized spacial score (nSPS) is 11.8. The minimum absolute atomic E-state index is 0.0395. The van der Waals surface area contributed by atoms with Crippen molar-refractivity contribution in [2.24, 2.45) is 0 Å². The molecule has 29 heavy (non-hydrogen) atoms. The number of anilines is 1. The Hall–Kier alpha value is -3.49. The van der Waals surface area contributed by atoms with Crippen LogP contribution in [0.4, 0.5) is 23.4 Å². The van der Waals surface area contributed by atoms with Crippen molar-refractivity contribution in [2.45, 2.75) is 19.6 Å². The Morgan fingerprint density at radius 1 is 1.10 bits per heavy atom. The monoisotopic (exact) mass is 401 g/mol. The van der Waals surface area contributed by atoms with E-state index in [0.29, 0.717) is 18.1 Å². The van der Waals surface area contributed by atoms with E-state index < -0.39 is 17.7 Å². The molecule has 148 valence electrons. The standard InChI is InChI=1S/C20H15F4N5/c1-12-9-16(26-11-13-3-2-8-25-10-13)29-19(27-12)17(18(28-29)20(22,23)24)14-4-6-15(21)7-5-14/h2-10,26H,11H2,1H3. The lowest BCUT2D eigenvalue weighted by atomic mass is 10.1. The number of rotatable bonds is 4. The first-order chi connectivity index (χ1) is 13.8. The molecule has 3 heterocycles. The maximum Gasteiger partial charge on any atom is 0.435 e. The molecule has 0 atom stereocenters. The summed E-state index contributed by atoms with van der Waals surface area (Å²) in [7, 11) is 0. The van der Waals surface area contributed by atoms with Gasteiger partial charge in [0.2, 0.25) is 0 Å². The molecule has 0 aliphatic heterocycles. The maximum atomic E-state index is 13.7. The van der Waals surface area contributed by atoms with Crippen LogP contribution >= 0.6 is 0 Å². The van der Waals surface area contributed by atoms with Crippen molar-refractivity contribution in [1.82, 2.24) is 19.6 Å². The topological polar surface area (TPSA) is 55.1 Å². The first kappa shape index (κ1) is 18.9. The Morgan fingerprint density at radius 2 is 1.86 bits per heavy atom. The number of nitrogens with zero attached hydrogens (tertiary/aromatic N) is 4. The molecule has 5 nitrogen and oxygen atoms in total. The second kappa shape index (κ2) is 7.16. The molecule has 0 fully saturated rings. The third-order valence-corrected chi connectivity index (χ3v) is 4.31. The van der Waals surface area contributed by atoms with Gasteiger partial charge in [0.25, 0.3) is 0 Å². The highest BCUT2D eigenvalue weighted by Crippen LogP contribution is 2.39. The quantitative estimate of drug-likeness (QED) is 0.496. The van der Waals surface area contributed by atoms with Crippen molar-refractivity contribution < 1.29 is 17.6 Å². The molecule has 0 spiro atoms. The van der Waals surface area contributed by atoms with Crippen LogP contribution < -0.4 is 5.32 Å². The minimum Gasteiger partial charge on any atom is -0.366 e. The Labute approximate surface area is 163 Å². The van der Waals surface area contributed by atoms with E-state index in [9.17, 15) is 17.6 Å². The van der Waals surface area contributed by atoms with E-state index in [1.807, 2.05) is 6.07 Å². The third kappa shape index (κ3) is 3.75. The van der Waals surface area contributed by atoms with Crippen LogP contribution in [0.15, 0.2) is 54.9 Å². The van der Waals surface area contributed by atoms with Crippen molar-refractivity contribution in [2.75, 3.05) is 5.32 Å². The van der Waals surface area contributed by atoms with Crippen LogP contribution in [0.3, 0.4) is 0 Å². The molecule has 1 N–H and O–H groups in total. The first-order valence-corrected chi connectivity index (χ1v) is 8.69. The van der Waals surface area contributed by atoms with Crippen LogP contribution in [0.5, 0.6) is 0 Å². The zero-order chi connectivity index (χ0) is 20.6. The van der Waals surface area contributed by atoms with Gasteiger partial charge in [-0.05, 0) is 36.2 Å². The van der Waals surface area contributed by atoms with Gasteiger partial charge in [-0.25, -0.2) is 9.37 Å². The zero-order valence-corrected chi connectivity index (χ0v) is 15.2. The highest BCUT2D eigenvalue weighted by molar-refractivity contribution is 5.81. The number of halogens is 4. The van der Waals surface area contributed by atoms with Gasteiger partial charge in [0.05, 0.1) is 5.56 Å². The van der Waals surface area contributed by atoms with E-state index in [-0.39, 0.29) is 16.8 Å². The summed E-state index contributed by atoms with van der Waals surface area (Å²) in [5.41, 5.74) is 0.333. The van der Waals surface area contributed by atoms with E-state index in [4.69, 9.17) is 0 Å². The van der Waals surface area contributed by atoms with E-state index >= 15 is 0 Å². The highest BCUT2D eigenvalue weighted by atomic mass is 19.4. The summed E-state index contributed by atoms with van der Waals surface area (Å²) in [4.78, 5) is 8.30. The van der Waals surface area contributed by atoms with Crippen molar-refractivity contribution in [3.05, 3.63) is 77.6 Å². The van der Waals surface area contributed by atoms with E-state index in [1.54, 1.807) is 31.5 Å². The fourth-order valence-electron chi connectivity index (χ4n) is 3.04. The van der Waals surface area contributed by atoms with E-state index in [1.165, 1.54) is 12.1 Å². The lowest BCUT2D eigenvalue weighted by Gasteiger charge is -2.09. The number of alkyl halides is 3. The molecule has 0 saturated heterocycles. The van der Waals surface area contributed by atoms with Crippen LogP contribution in [0.25, 0.3) is 16.8 Å². The summed E-state index contributed by atoms with van der Waals surface area (Å²) in [5.74, 6) is -0.183. The molecule has 0 radical (unpaired) electrons. The predicted molar refractivity (Wildman–Crippen MR) is 99.7 cm³/mol. The second-order valence-corrected chi connectivity index (χ2v) is 6.46. The average molecular weight is 401 g/mol. The lowest BCUT2D eigenvalue weighted by Crippen LogP contribution is -2.09. The number of hydrogen-bond donors (Lipinski definition) is 1. The largest absolute Gasteiger partial charge is 0.435 e. The van der Waals surface area contributed by atoms with Crippen molar-refractivity contribution in [3.8, 4) is 11.1 Å². The maximum absolute atomic E-state index is 13.7. The Bertz CT molecular complexity index is 1150. The average Bonchev–Trinajstić information content (AvgIpc) is 3.07. The summed E-state index contributed by atoms with van der Waals surface area (Å²) >= 11 is 0. The number of pyridine rings is 1. The summed E-state index contributed by atoms with van der Waals surface area (Å²) in [5, 5.41) is 6.88. The van der Waals surface area contributed by atoms with Gasteiger partial charge in [0, 0.05) is 30.7 Å². The van der Waals surface area contributed by atoms with Gasteiger partial charge in [-0.3, -0.25) is 4.98 Å². The summed E-state index contributed by atoms with van der Waals surface area (Å²) in [6.07, 6.45) is -1.41. The fraction of sp³-hybridized carbons (Fsp3) is 0.150. The summed E-state index contributed by atoms with van der Waals surface area (Å²) < 4.78 is 55.6. The molecular weight excluding hydrogens is 386 g/mol. The first-order valence-electron chi connectivity index (χ1n) is 8.69. The third-order valence-electron chi connectivity index (χ3n) is 4.31. The fourth-order valence-corrected chi connectivity index (χ4v) is 3.04. The summed E-state index contributed by atoms with van der Waals surface area (Å²) in [6, 6.07) is 10.0. The van der Waals surface area contributed by atoms with Crippen molar-refractivity contribution in [3.63, 3.8) is 0 Å². The molecule has 1 aromatic carbocycles. The lowest BCUT2D eigenvalue weighted by molar-refractivity contribution is -0.140. The molecule has 0 amide bonds. The molecule has 0 aliphatic carbocycles. The van der Waals surface area contributed by atoms with Gasteiger partial charge < -0.3 is 5.32 Å². The molecule has 0 bridgehead atoms. The Morgan fingerprint density at radius 3 is 2.52 bits per heavy atom. The second-order valence-electron chi connectivity index (χ2n) is 6.46. The van der Waals surface area contributed by atoms with Gasteiger partial charge >= 0.3 is 6.18 Å². The SMILES string of the molecule is Cc1cc(NCc2cccnc2)n2nc(C(F)(F)F)c(-c3ccc(F)cc3)c2n1. The van der Waals surface area contributed by atoms with E-state index in [0.717, 1.165) is 22.2 Å². The molecule has 3 aromatic heterocycles. The number of nitrogens with one attached hydrogen (secondary N) is 1. The number of benzene rings is 1. The molecule has 0 saturated carbocycles. The van der Waals surface area contributed by atoms with Gasteiger partial charge in [0.15, 0.2) is 11.3 Å². The number of aromatic nitrogens is 4. The molecule has 0 unspecified atom stereocenters. The van der Waals surface area contributed by atoms with Gasteiger partial charge in [-0.1, -0.05) is 18.2 Å². The molecule has 4 aromatic rings. The zero-order valence-electron chi connectivity index (χ0n) is 15.2. The van der Waals surface area contributed by atoms with Crippen LogP contribution in [0.2, 0.25) is 0 Å². The van der Waals surface area contributed by atoms with Gasteiger partial charge in [-0.15, -0.1) is 0 Å². The number of fused-ring (bicyclic) bond motifs is 1. The van der Waals surface area contributed by atoms with E-state index in [2.05, 4.69) is 20.4 Å². The van der Waals surface area contributed by atoms with Crippen molar-refractivity contribution >= 4 is 11.5 Å². The molecule has 9 heteroatoms. The van der Waals surface area contributed by atoms with Gasteiger partial charge in [0.1, 0.15) is 11.6 Å². The Kier molecular flexibility index (Phi) is 4.65. The van der Waals surface area contributed by atoms with Gasteiger partial charge in [-0.2, -0.15) is 22.8 Å². The van der Waals surface area contributed by atoms with Crippen LogP contribution in [0.1, 0.15) is 17.0 Å². The van der Waals surface area contributed by atoms with Crippen molar-refractivity contribution in [1.29, 1.82) is 0 Å². The van der Waals surface area contributed by atoms with Crippen LogP contribution in [-0.2, 0) is 12.7 Å². The Balaban J connectivity index is 1.88. The summed E-state index contributed by atoms with van der Waals surface area (Å²) in [6.45, 7) is 2.03. The van der Waals surface area contributed by atoms with Crippen LogP contribution in [-0.4, -0.2) is 19.6 Å². The number of hydrogen-bond acceptors (Lipinski definition) is 4. The highest BCUT2D eigenvalue weighted by Gasteiger charge is 2.39. The number of aryl methyl sites for hydroxylation is 1. The minimum atomic E-state index is -4.70.